The van der Waals surface area contributed by atoms with Gasteiger partial charge in [-0.1, -0.05) is 0 Å². The molecule has 1 rings (SSSR count). The number of hydrogen-bond donors (Lipinski definition) is 0. The van der Waals surface area contributed by atoms with E-state index in [4.69, 9.17) is 0 Å². The fourth-order valence-electron chi connectivity index (χ4n) is 1.09. The molecular formula is C11H9F3O4. The predicted octanol–water partition coefficient (Wildman–Crippen LogP) is 1.82. The zero-order valence-electron chi connectivity index (χ0n) is 9.50. The molecule has 18 heavy (non-hydrogen) atoms. The van der Waals surface area contributed by atoms with Gasteiger partial charge in [-0.25, -0.2) is 13.2 Å². The van der Waals surface area contributed by atoms with Crippen LogP contribution in [-0.2, 0) is 14.3 Å². The molecule has 1 aromatic carbocycles. The van der Waals surface area contributed by atoms with E-state index in [1.54, 1.807) is 0 Å². The number of halogens is 3. The second kappa shape index (κ2) is 5.52. The highest BCUT2D eigenvalue weighted by Gasteiger charge is 2.26. The van der Waals surface area contributed by atoms with Crippen LogP contribution < -0.4 is 4.74 Å². The van der Waals surface area contributed by atoms with E-state index in [2.05, 4.69) is 9.47 Å². The second-order valence-corrected chi connectivity index (χ2v) is 3.36. The molecule has 1 unspecified atom stereocenters. The van der Waals surface area contributed by atoms with Crippen molar-refractivity contribution in [3.63, 3.8) is 0 Å². The number of carbonyl (C=O) groups is 2. The van der Waals surface area contributed by atoms with Gasteiger partial charge in [0.05, 0.1) is 7.11 Å². The molecule has 0 spiro atoms. The van der Waals surface area contributed by atoms with Crippen molar-refractivity contribution in [1.29, 1.82) is 0 Å². The molecule has 0 aliphatic heterocycles. The SMILES string of the molecule is COC(=O)C(C)C(=O)Oc1c(F)cc(F)cc1F. The Bertz CT molecular complexity index is 464. The van der Waals surface area contributed by atoms with Gasteiger partial charge < -0.3 is 9.47 Å². The van der Waals surface area contributed by atoms with E-state index in [0.717, 1.165) is 14.0 Å². The zero-order valence-corrected chi connectivity index (χ0v) is 9.50. The molecular weight excluding hydrogens is 253 g/mol. The van der Waals surface area contributed by atoms with Gasteiger partial charge in [0, 0.05) is 12.1 Å². The van der Waals surface area contributed by atoms with Gasteiger partial charge in [-0.05, 0) is 6.92 Å². The summed E-state index contributed by atoms with van der Waals surface area (Å²) in [5.74, 6) is -8.42. The fraction of sp³-hybridized carbons (Fsp3) is 0.273. The molecule has 0 bridgehead atoms. The quantitative estimate of drug-likeness (QED) is 0.473. The van der Waals surface area contributed by atoms with Gasteiger partial charge in [-0.15, -0.1) is 0 Å². The van der Waals surface area contributed by atoms with Gasteiger partial charge >= 0.3 is 11.9 Å². The van der Waals surface area contributed by atoms with E-state index < -0.39 is 41.1 Å². The van der Waals surface area contributed by atoms with Crippen LogP contribution in [0.1, 0.15) is 6.92 Å². The Balaban J connectivity index is 2.92. The van der Waals surface area contributed by atoms with Crippen LogP contribution in [0.2, 0.25) is 0 Å². The van der Waals surface area contributed by atoms with E-state index in [0.29, 0.717) is 12.1 Å². The Morgan fingerprint density at radius 1 is 1.11 bits per heavy atom. The standard InChI is InChI=1S/C11H9F3O4/c1-5(10(15)17-2)11(16)18-9-7(13)3-6(12)4-8(9)14/h3-5H,1-2H3. The van der Waals surface area contributed by atoms with E-state index in [1.807, 2.05) is 0 Å². The Labute approximate surface area is 100 Å². The molecule has 0 fully saturated rings. The number of benzene rings is 1. The summed E-state index contributed by atoms with van der Waals surface area (Å²) in [6.07, 6.45) is 0. The topological polar surface area (TPSA) is 52.6 Å². The van der Waals surface area contributed by atoms with Crippen LogP contribution in [0.5, 0.6) is 5.75 Å². The summed E-state index contributed by atoms with van der Waals surface area (Å²) in [5.41, 5.74) is 0. The number of hydrogen-bond acceptors (Lipinski definition) is 4. The summed E-state index contributed by atoms with van der Waals surface area (Å²) in [7, 11) is 1.05. The normalized spacial score (nSPS) is 11.8. The number of esters is 2. The maximum absolute atomic E-state index is 13.1. The van der Waals surface area contributed by atoms with Crippen LogP contribution in [0.3, 0.4) is 0 Å². The number of methoxy groups -OCH3 is 1. The molecule has 0 radical (unpaired) electrons. The van der Waals surface area contributed by atoms with Gasteiger partial charge in [-0.3, -0.25) is 9.59 Å². The van der Waals surface area contributed by atoms with E-state index in [1.165, 1.54) is 0 Å². The van der Waals surface area contributed by atoms with Gasteiger partial charge in [0.1, 0.15) is 5.82 Å². The minimum Gasteiger partial charge on any atom is -0.468 e. The highest BCUT2D eigenvalue weighted by atomic mass is 19.1. The monoisotopic (exact) mass is 262 g/mol. The largest absolute Gasteiger partial charge is 0.468 e. The van der Waals surface area contributed by atoms with Crippen LogP contribution in [0, 0.1) is 23.4 Å². The summed E-state index contributed by atoms with van der Waals surface area (Å²) in [5, 5.41) is 0. The Morgan fingerprint density at radius 3 is 2.06 bits per heavy atom. The molecule has 1 aromatic rings. The molecule has 0 amide bonds. The lowest BCUT2D eigenvalue weighted by atomic mass is 10.2. The second-order valence-electron chi connectivity index (χ2n) is 3.36. The van der Waals surface area contributed by atoms with Crippen molar-refractivity contribution in [3.05, 3.63) is 29.6 Å². The summed E-state index contributed by atoms with van der Waals surface area (Å²) in [6.45, 7) is 1.15. The Morgan fingerprint density at radius 2 is 1.61 bits per heavy atom. The van der Waals surface area contributed by atoms with Crippen LogP contribution >= 0.6 is 0 Å². The maximum Gasteiger partial charge on any atom is 0.325 e. The van der Waals surface area contributed by atoms with Gasteiger partial charge in [0.15, 0.2) is 17.6 Å². The number of ether oxygens (including phenoxy) is 2. The molecule has 7 heteroatoms. The summed E-state index contributed by atoms with van der Waals surface area (Å²) < 4.78 is 47.5. The lowest BCUT2D eigenvalue weighted by Crippen LogP contribution is -2.27. The van der Waals surface area contributed by atoms with Crippen molar-refractivity contribution >= 4 is 11.9 Å². The van der Waals surface area contributed by atoms with Crippen LogP contribution in [0.4, 0.5) is 13.2 Å². The molecule has 1 atom stereocenters. The molecule has 0 N–H and O–H groups in total. The number of carbonyl (C=O) groups excluding carboxylic acids is 2. The maximum atomic E-state index is 13.1. The first kappa shape index (κ1) is 14.0. The van der Waals surface area contributed by atoms with E-state index >= 15 is 0 Å². The first-order chi connectivity index (χ1) is 8.36. The highest BCUT2D eigenvalue weighted by molar-refractivity contribution is 5.95. The summed E-state index contributed by atoms with van der Waals surface area (Å²) in [6, 6.07) is 0.711. The predicted molar refractivity (Wildman–Crippen MR) is 53.1 cm³/mol. The van der Waals surface area contributed by atoms with Gasteiger partial charge in [-0.2, -0.15) is 0 Å². The summed E-state index contributed by atoms with van der Waals surface area (Å²) in [4.78, 5) is 22.3. The first-order valence-corrected chi connectivity index (χ1v) is 4.81. The van der Waals surface area contributed by atoms with Crippen LogP contribution in [0.15, 0.2) is 12.1 Å². The van der Waals surface area contributed by atoms with Crippen molar-refractivity contribution in [3.8, 4) is 5.75 Å². The molecule has 0 saturated carbocycles. The third kappa shape index (κ3) is 2.99. The van der Waals surface area contributed by atoms with E-state index in [-0.39, 0.29) is 0 Å². The highest BCUT2D eigenvalue weighted by Crippen LogP contribution is 2.23. The van der Waals surface area contributed by atoms with Gasteiger partial charge in [0.25, 0.3) is 0 Å². The minimum atomic E-state index is -1.38. The van der Waals surface area contributed by atoms with Crippen LogP contribution in [0.25, 0.3) is 0 Å². The third-order valence-corrected chi connectivity index (χ3v) is 2.07. The van der Waals surface area contributed by atoms with Crippen LogP contribution in [-0.4, -0.2) is 19.0 Å². The smallest absolute Gasteiger partial charge is 0.325 e. The Hall–Kier alpha value is -2.05. The molecule has 0 aliphatic carbocycles. The van der Waals surface area contributed by atoms with Crippen molar-refractivity contribution in [2.45, 2.75) is 6.92 Å². The van der Waals surface area contributed by atoms with Crippen molar-refractivity contribution in [2.24, 2.45) is 5.92 Å². The lowest BCUT2D eigenvalue weighted by molar-refractivity contribution is -0.154. The zero-order chi connectivity index (χ0) is 13.9. The average molecular weight is 262 g/mol. The van der Waals surface area contributed by atoms with Crippen molar-refractivity contribution in [2.75, 3.05) is 7.11 Å². The lowest BCUT2D eigenvalue weighted by Gasteiger charge is -2.10. The van der Waals surface area contributed by atoms with Crippen molar-refractivity contribution in [1.82, 2.24) is 0 Å². The molecule has 4 nitrogen and oxygen atoms in total. The molecule has 0 saturated heterocycles. The third-order valence-electron chi connectivity index (χ3n) is 2.07. The van der Waals surface area contributed by atoms with E-state index in [9.17, 15) is 22.8 Å². The number of rotatable bonds is 3. The fourth-order valence-corrected chi connectivity index (χ4v) is 1.09. The summed E-state index contributed by atoms with van der Waals surface area (Å²) >= 11 is 0. The molecule has 0 aromatic heterocycles. The van der Waals surface area contributed by atoms with Gasteiger partial charge in [0.2, 0.25) is 5.75 Å². The Kier molecular flexibility index (Phi) is 4.30. The molecule has 0 aliphatic rings. The average Bonchev–Trinajstić information content (AvgIpc) is 2.31. The van der Waals surface area contributed by atoms with Crippen molar-refractivity contribution < 1.29 is 32.2 Å². The molecule has 98 valence electrons. The molecule has 0 heterocycles. The minimum absolute atomic E-state index is 0.356. The first-order valence-electron chi connectivity index (χ1n) is 4.81.